The number of amides is 1. The molecule has 0 aliphatic carbocycles. The molecule has 3 rings (SSSR count). The number of nitrogens with zero attached hydrogens (tertiary/aromatic N) is 2. The number of benzene rings is 2. The van der Waals surface area contributed by atoms with Crippen molar-refractivity contribution in [2.45, 2.75) is 0 Å². The van der Waals surface area contributed by atoms with E-state index < -0.39 is 0 Å². The molecular formula is C16H12BrN3O2. The molecule has 0 bridgehead atoms. The first-order chi connectivity index (χ1) is 10.7. The van der Waals surface area contributed by atoms with Gasteiger partial charge in [-0.05, 0) is 45.8 Å². The molecule has 0 spiro atoms. The second kappa shape index (κ2) is 6.11. The van der Waals surface area contributed by atoms with Crippen molar-refractivity contribution in [1.82, 2.24) is 0 Å². The first kappa shape index (κ1) is 14.5. The maximum absolute atomic E-state index is 11.9. The lowest BCUT2D eigenvalue weighted by Crippen LogP contribution is -2.13. The van der Waals surface area contributed by atoms with Gasteiger partial charge in [0.25, 0.3) is 5.91 Å². The number of rotatable bonds is 3. The summed E-state index contributed by atoms with van der Waals surface area (Å²) in [5, 5.41) is 10.8. The molecule has 6 heteroatoms. The summed E-state index contributed by atoms with van der Waals surface area (Å²) in [5.74, 6) is 0.502. The Labute approximate surface area is 135 Å². The summed E-state index contributed by atoms with van der Waals surface area (Å²) in [6.45, 7) is 0. The molecule has 0 radical (unpaired) electrons. The molecule has 1 aliphatic heterocycles. The van der Waals surface area contributed by atoms with Crippen LogP contribution in [0.1, 0.15) is 11.1 Å². The largest absolute Gasteiger partial charge is 0.496 e. The SMILES string of the molecule is COc1ccc(/C=N/N=C2\C(=O)Nc3ccccc32)cc1Br. The van der Waals surface area contributed by atoms with Gasteiger partial charge in [-0.25, -0.2) is 0 Å². The van der Waals surface area contributed by atoms with Crippen molar-refractivity contribution in [3.8, 4) is 5.75 Å². The third-order valence-corrected chi connectivity index (χ3v) is 3.81. The van der Waals surface area contributed by atoms with Gasteiger partial charge >= 0.3 is 0 Å². The third-order valence-electron chi connectivity index (χ3n) is 3.19. The van der Waals surface area contributed by atoms with Gasteiger partial charge in [0.1, 0.15) is 5.75 Å². The van der Waals surface area contributed by atoms with Gasteiger partial charge in [0.15, 0.2) is 5.71 Å². The summed E-state index contributed by atoms with van der Waals surface area (Å²) in [5.41, 5.74) is 2.69. The third kappa shape index (κ3) is 2.78. The highest BCUT2D eigenvalue weighted by atomic mass is 79.9. The number of carbonyl (C=O) groups is 1. The number of hydrogen-bond donors (Lipinski definition) is 1. The maximum atomic E-state index is 11.9. The van der Waals surface area contributed by atoms with Gasteiger partial charge in [-0.15, -0.1) is 5.10 Å². The first-order valence-electron chi connectivity index (χ1n) is 6.54. The molecule has 22 heavy (non-hydrogen) atoms. The lowest BCUT2D eigenvalue weighted by atomic mass is 10.1. The zero-order valence-electron chi connectivity index (χ0n) is 11.7. The standard InChI is InChI=1S/C16H12BrN3O2/c1-22-14-7-6-10(8-12(14)17)9-18-20-15-11-4-2-3-5-13(11)19-16(15)21/h2-9H,1H3,(H,19,20,21)/b18-9+. The number of methoxy groups -OCH3 is 1. The van der Waals surface area contributed by atoms with E-state index in [4.69, 9.17) is 4.74 Å². The summed E-state index contributed by atoms with van der Waals surface area (Å²) in [6, 6.07) is 12.9. The average molecular weight is 358 g/mol. The van der Waals surface area contributed by atoms with Crippen LogP contribution in [-0.2, 0) is 4.79 Å². The maximum Gasteiger partial charge on any atom is 0.276 e. The van der Waals surface area contributed by atoms with Crippen LogP contribution in [0.4, 0.5) is 5.69 Å². The van der Waals surface area contributed by atoms with Gasteiger partial charge in [-0.1, -0.05) is 18.2 Å². The molecule has 0 aromatic heterocycles. The second-order valence-electron chi connectivity index (χ2n) is 4.59. The molecule has 0 fully saturated rings. The Hall–Kier alpha value is -2.47. The highest BCUT2D eigenvalue weighted by molar-refractivity contribution is 9.10. The van der Waals surface area contributed by atoms with E-state index in [0.717, 1.165) is 27.0 Å². The lowest BCUT2D eigenvalue weighted by Gasteiger charge is -2.02. The van der Waals surface area contributed by atoms with Crippen molar-refractivity contribution in [3.63, 3.8) is 0 Å². The molecule has 1 N–H and O–H groups in total. The van der Waals surface area contributed by atoms with Crippen molar-refractivity contribution >= 4 is 39.5 Å². The Bertz CT molecular complexity index is 800. The molecule has 0 saturated heterocycles. The van der Waals surface area contributed by atoms with Gasteiger partial charge in [0, 0.05) is 5.56 Å². The molecule has 2 aromatic rings. The molecular weight excluding hydrogens is 346 g/mol. The van der Waals surface area contributed by atoms with E-state index >= 15 is 0 Å². The Morgan fingerprint density at radius 2 is 2.05 bits per heavy atom. The van der Waals surface area contributed by atoms with Crippen molar-refractivity contribution in [2.75, 3.05) is 12.4 Å². The number of carbonyl (C=O) groups excluding carboxylic acids is 1. The van der Waals surface area contributed by atoms with E-state index in [-0.39, 0.29) is 5.91 Å². The topological polar surface area (TPSA) is 63.1 Å². The Morgan fingerprint density at radius 1 is 1.23 bits per heavy atom. The zero-order valence-corrected chi connectivity index (χ0v) is 13.3. The van der Waals surface area contributed by atoms with E-state index in [1.165, 1.54) is 0 Å². The fraction of sp³-hybridized carbons (Fsp3) is 0.0625. The molecule has 1 heterocycles. The number of ether oxygens (including phenoxy) is 1. The van der Waals surface area contributed by atoms with Crippen molar-refractivity contribution in [3.05, 3.63) is 58.1 Å². The van der Waals surface area contributed by atoms with Crippen LogP contribution in [-0.4, -0.2) is 24.9 Å². The van der Waals surface area contributed by atoms with Crippen LogP contribution in [0.2, 0.25) is 0 Å². The molecule has 0 atom stereocenters. The number of fused-ring (bicyclic) bond motifs is 1. The van der Waals surface area contributed by atoms with E-state index in [1.54, 1.807) is 13.3 Å². The molecule has 0 saturated carbocycles. The summed E-state index contributed by atoms with van der Waals surface area (Å²) < 4.78 is 6.00. The molecule has 2 aromatic carbocycles. The summed E-state index contributed by atoms with van der Waals surface area (Å²) in [6.07, 6.45) is 1.59. The van der Waals surface area contributed by atoms with E-state index in [2.05, 4.69) is 31.4 Å². The number of halogens is 1. The molecule has 1 aliphatic rings. The predicted octanol–water partition coefficient (Wildman–Crippen LogP) is 3.23. The van der Waals surface area contributed by atoms with Crippen LogP contribution in [0.3, 0.4) is 0 Å². The summed E-state index contributed by atoms with van der Waals surface area (Å²) in [7, 11) is 1.61. The molecule has 1 amide bonds. The molecule has 0 unspecified atom stereocenters. The average Bonchev–Trinajstić information content (AvgIpc) is 2.83. The number of nitrogens with one attached hydrogen (secondary N) is 1. The minimum absolute atomic E-state index is 0.241. The van der Waals surface area contributed by atoms with Crippen LogP contribution in [0.25, 0.3) is 0 Å². The summed E-state index contributed by atoms with van der Waals surface area (Å²) in [4.78, 5) is 11.9. The first-order valence-corrected chi connectivity index (χ1v) is 7.33. The molecule has 5 nitrogen and oxygen atoms in total. The number of anilines is 1. The fourth-order valence-electron chi connectivity index (χ4n) is 2.12. The summed E-state index contributed by atoms with van der Waals surface area (Å²) >= 11 is 3.41. The van der Waals surface area contributed by atoms with Gasteiger partial charge < -0.3 is 10.1 Å². The van der Waals surface area contributed by atoms with Crippen LogP contribution < -0.4 is 10.1 Å². The monoisotopic (exact) mass is 357 g/mol. The smallest absolute Gasteiger partial charge is 0.276 e. The van der Waals surface area contributed by atoms with E-state index in [9.17, 15) is 4.79 Å². The molecule has 110 valence electrons. The van der Waals surface area contributed by atoms with Crippen LogP contribution in [0.5, 0.6) is 5.75 Å². The predicted molar refractivity (Wildman–Crippen MR) is 89.9 cm³/mol. The van der Waals surface area contributed by atoms with Crippen LogP contribution >= 0.6 is 15.9 Å². The Kier molecular flexibility index (Phi) is 4.02. The minimum Gasteiger partial charge on any atom is -0.496 e. The van der Waals surface area contributed by atoms with Crippen LogP contribution in [0.15, 0.2) is 57.1 Å². The normalized spacial score (nSPS) is 15.2. The van der Waals surface area contributed by atoms with Gasteiger partial charge in [-0.3, -0.25) is 4.79 Å². The van der Waals surface area contributed by atoms with Crippen LogP contribution in [0, 0.1) is 0 Å². The van der Waals surface area contributed by atoms with E-state index in [0.29, 0.717) is 5.71 Å². The number of hydrogen-bond acceptors (Lipinski definition) is 4. The lowest BCUT2D eigenvalue weighted by molar-refractivity contribution is -0.110. The van der Waals surface area contributed by atoms with E-state index in [1.807, 2.05) is 42.5 Å². The fourth-order valence-corrected chi connectivity index (χ4v) is 2.68. The Balaban J connectivity index is 1.85. The second-order valence-corrected chi connectivity index (χ2v) is 5.44. The van der Waals surface area contributed by atoms with Crippen molar-refractivity contribution in [1.29, 1.82) is 0 Å². The quantitative estimate of drug-likeness (QED) is 0.676. The zero-order chi connectivity index (χ0) is 15.5. The van der Waals surface area contributed by atoms with Gasteiger partial charge in [-0.2, -0.15) is 5.10 Å². The minimum atomic E-state index is -0.241. The number of para-hydroxylation sites is 1. The van der Waals surface area contributed by atoms with Crippen molar-refractivity contribution in [2.24, 2.45) is 10.2 Å². The highest BCUT2D eigenvalue weighted by Crippen LogP contribution is 2.25. The Morgan fingerprint density at radius 3 is 2.82 bits per heavy atom. The highest BCUT2D eigenvalue weighted by Gasteiger charge is 2.25. The van der Waals surface area contributed by atoms with Gasteiger partial charge in [0.05, 0.1) is 23.5 Å². The van der Waals surface area contributed by atoms with Gasteiger partial charge in [0.2, 0.25) is 0 Å². The van der Waals surface area contributed by atoms with Crippen molar-refractivity contribution < 1.29 is 9.53 Å².